The Bertz CT molecular complexity index is 678. The Morgan fingerprint density at radius 3 is 3.05 bits per heavy atom. The predicted octanol–water partition coefficient (Wildman–Crippen LogP) is 1.33. The molecule has 0 unspecified atom stereocenters. The summed E-state index contributed by atoms with van der Waals surface area (Å²) < 4.78 is 6.96. The minimum absolute atomic E-state index is 0.191. The third kappa shape index (κ3) is 2.50. The quantitative estimate of drug-likeness (QED) is 0.893. The van der Waals surface area contributed by atoms with E-state index in [1.165, 1.54) is 0 Å². The van der Waals surface area contributed by atoms with Gasteiger partial charge in [-0.15, -0.1) is 0 Å². The van der Waals surface area contributed by atoms with Gasteiger partial charge in [-0.2, -0.15) is 5.10 Å². The van der Waals surface area contributed by atoms with Crippen molar-refractivity contribution in [2.45, 2.75) is 13.0 Å². The van der Waals surface area contributed by atoms with Crippen molar-refractivity contribution in [1.29, 1.82) is 0 Å². The summed E-state index contributed by atoms with van der Waals surface area (Å²) in [4.78, 5) is 12.5. The first-order valence-corrected chi connectivity index (χ1v) is 6.90. The first-order valence-electron chi connectivity index (χ1n) is 6.90. The number of nitrogens with one attached hydrogen (secondary N) is 2. The Hall–Kier alpha value is -2.34. The maximum Gasteiger partial charge on any atom is 0.260 e. The van der Waals surface area contributed by atoms with Crippen molar-refractivity contribution in [3.05, 3.63) is 41.1 Å². The number of anilines is 1. The molecule has 0 atom stereocenters. The van der Waals surface area contributed by atoms with Gasteiger partial charge in [0.15, 0.2) is 0 Å². The maximum absolute atomic E-state index is 12.5. The van der Waals surface area contributed by atoms with Crippen LogP contribution in [0.2, 0.25) is 0 Å². The van der Waals surface area contributed by atoms with Crippen LogP contribution in [0.5, 0.6) is 5.75 Å². The average Bonchev–Trinajstić information content (AvgIpc) is 2.83. The smallest absolute Gasteiger partial charge is 0.260 e. The number of benzene rings is 1. The second-order valence-corrected chi connectivity index (χ2v) is 4.98. The van der Waals surface area contributed by atoms with Gasteiger partial charge in [-0.1, -0.05) is 12.1 Å². The highest BCUT2D eigenvalue weighted by Gasteiger charge is 2.21. The molecule has 6 nitrogen and oxygen atoms in total. The van der Waals surface area contributed by atoms with E-state index in [4.69, 9.17) is 4.74 Å². The van der Waals surface area contributed by atoms with Crippen molar-refractivity contribution in [1.82, 2.24) is 15.1 Å². The number of fused-ring (bicyclic) bond motifs is 1. The normalized spacial score (nSPS) is 13.6. The fraction of sp³-hybridized carbons (Fsp3) is 0.333. The van der Waals surface area contributed by atoms with E-state index >= 15 is 0 Å². The molecule has 0 aliphatic carbocycles. The molecule has 3 rings (SSSR count). The van der Waals surface area contributed by atoms with Crippen LogP contribution in [-0.4, -0.2) is 29.3 Å². The molecule has 1 aromatic carbocycles. The molecule has 0 spiro atoms. The van der Waals surface area contributed by atoms with Gasteiger partial charge in [0.1, 0.15) is 11.6 Å². The number of methoxy groups -OCH3 is 1. The number of rotatable bonds is 3. The molecule has 1 aromatic heterocycles. The molecule has 0 saturated heterocycles. The Labute approximate surface area is 123 Å². The molecule has 0 radical (unpaired) electrons. The lowest BCUT2D eigenvalue weighted by Gasteiger charge is -2.14. The fourth-order valence-corrected chi connectivity index (χ4v) is 2.59. The van der Waals surface area contributed by atoms with E-state index in [-0.39, 0.29) is 5.91 Å². The number of hydrogen-bond donors (Lipinski definition) is 2. The second kappa shape index (κ2) is 5.57. The lowest BCUT2D eigenvalue weighted by atomic mass is 10.1. The van der Waals surface area contributed by atoms with Crippen LogP contribution in [0.15, 0.2) is 24.3 Å². The van der Waals surface area contributed by atoms with Gasteiger partial charge < -0.3 is 15.4 Å². The first kappa shape index (κ1) is 13.6. The first-order chi connectivity index (χ1) is 10.2. The lowest BCUT2D eigenvalue weighted by Crippen LogP contribution is -2.24. The Balaban J connectivity index is 1.90. The fourth-order valence-electron chi connectivity index (χ4n) is 2.59. The molecule has 110 valence electrons. The number of hydrogen-bond acceptors (Lipinski definition) is 4. The van der Waals surface area contributed by atoms with Gasteiger partial charge in [-0.05, 0) is 12.1 Å². The highest BCUT2D eigenvalue weighted by Crippen LogP contribution is 2.24. The molecule has 1 aliphatic rings. The van der Waals surface area contributed by atoms with E-state index < -0.39 is 0 Å². The monoisotopic (exact) mass is 286 g/mol. The van der Waals surface area contributed by atoms with Crippen LogP contribution in [0, 0.1) is 0 Å². The SMILES string of the molecule is COc1ccccc1C(=O)Nc1c2c(nn1C)CCNC2. The number of para-hydroxylation sites is 1. The summed E-state index contributed by atoms with van der Waals surface area (Å²) in [7, 11) is 3.40. The van der Waals surface area contributed by atoms with Crippen molar-refractivity contribution in [3.63, 3.8) is 0 Å². The van der Waals surface area contributed by atoms with Gasteiger partial charge >= 0.3 is 0 Å². The topological polar surface area (TPSA) is 68.2 Å². The number of aromatic nitrogens is 2. The van der Waals surface area contributed by atoms with Crippen LogP contribution in [-0.2, 0) is 20.0 Å². The van der Waals surface area contributed by atoms with Gasteiger partial charge in [-0.25, -0.2) is 0 Å². The number of amides is 1. The van der Waals surface area contributed by atoms with E-state index in [9.17, 15) is 4.79 Å². The Morgan fingerprint density at radius 2 is 2.24 bits per heavy atom. The van der Waals surface area contributed by atoms with Gasteiger partial charge in [0, 0.05) is 32.1 Å². The molecule has 0 bridgehead atoms. The maximum atomic E-state index is 12.5. The van der Waals surface area contributed by atoms with Gasteiger partial charge in [0.05, 0.1) is 18.4 Å². The molecule has 2 aromatic rings. The van der Waals surface area contributed by atoms with Gasteiger partial charge in [-0.3, -0.25) is 9.48 Å². The van der Waals surface area contributed by atoms with Gasteiger partial charge in [0.25, 0.3) is 5.91 Å². The average molecular weight is 286 g/mol. The van der Waals surface area contributed by atoms with Crippen LogP contribution >= 0.6 is 0 Å². The number of ether oxygens (including phenoxy) is 1. The zero-order valence-electron chi connectivity index (χ0n) is 12.1. The molecule has 2 heterocycles. The van der Waals surface area contributed by atoms with Crippen LogP contribution in [0.4, 0.5) is 5.82 Å². The van der Waals surface area contributed by atoms with E-state index in [1.807, 2.05) is 19.2 Å². The van der Waals surface area contributed by atoms with Gasteiger partial charge in [0.2, 0.25) is 0 Å². The van der Waals surface area contributed by atoms with Crippen LogP contribution in [0.3, 0.4) is 0 Å². The minimum Gasteiger partial charge on any atom is -0.496 e. The molecule has 0 saturated carbocycles. The number of aryl methyl sites for hydroxylation is 1. The Morgan fingerprint density at radius 1 is 1.43 bits per heavy atom. The highest BCUT2D eigenvalue weighted by molar-refractivity contribution is 6.06. The number of carbonyl (C=O) groups excluding carboxylic acids is 1. The summed E-state index contributed by atoms with van der Waals surface area (Å²) in [5.41, 5.74) is 2.62. The zero-order valence-corrected chi connectivity index (χ0v) is 12.1. The predicted molar refractivity (Wildman–Crippen MR) is 79.6 cm³/mol. The summed E-state index contributed by atoms with van der Waals surface area (Å²) in [6, 6.07) is 7.17. The third-order valence-corrected chi connectivity index (χ3v) is 3.65. The van der Waals surface area contributed by atoms with E-state index in [1.54, 1.807) is 23.9 Å². The lowest BCUT2D eigenvalue weighted by molar-refractivity contribution is 0.102. The summed E-state index contributed by atoms with van der Waals surface area (Å²) in [6.45, 7) is 1.65. The summed E-state index contributed by atoms with van der Waals surface area (Å²) in [6.07, 6.45) is 0.883. The summed E-state index contributed by atoms with van der Waals surface area (Å²) in [5.74, 6) is 1.11. The molecular formula is C15H18N4O2. The van der Waals surface area contributed by atoms with Crippen molar-refractivity contribution < 1.29 is 9.53 Å². The van der Waals surface area contributed by atoms with Crippen molar-refractivity contribution >= 4 is 11.7 Å². The zero-order chi connectivity index (χ0) is 14.8. The number of nitrogens with zero attached hydrogens (tertiary/aromatic N) is 2. The standard InChI is InChI=1S/C15H18N4O2/c1-19-14(11-9-16-8-7-12(11)18-19)17-15(20)10-5-3-4-6-13(10)21-2/h3-6,16H,7-9H2,1-2H3,(H,17,20). The van der Waals surface area contributed by atoms with E-state index in [0.29, 0.717) is 11.3 Å². The Kier molecular flexibility index (Phi) is 3.62. The summed E-state index contributed by atoms with van der Waals surface area (Å²) >= 11 is 0. The van der Waals surface area contributed by atoms with Crippen molar-refractivity contribution in [2.24, 2.45) is 7.05 Å². The number of carbonyl (C=O) groups is 1. The highest BCUT2D eigenvalue weighted by atomic mass is 16.5. The molecule has 21 heavy (non-hydrogen) atoms. The molecule has 0 fully saturated rings. The van der Waals surface area contributed by atoms with Crippen LogP contribution in [0.1, 0.15) is 21.6 Å². The summed E-state index contributed by atoms with van der Waals surface area (Å²) in [5, 5.41) is 10.7. The minimum atomic E-state index is -0.191. The van der Waals surface area contributed by atoms with E-state index in [0.717, 1.165) is 36.6 Å². The second-order valence-electron chi connectivity index (χ2n) is 4.98. The van der Waals surface area contributed by atoms with Crippen LogP contribution < -0.4 is 15.4 Å². The van der Waals surface area contributed by atoms with Crippen LogP contribution in [0.25, 0.3) is 0 Å². The molecule has 2 N–H and O–H groups in total. The van der Waals surface area contributed by atoms with Crippen molar-refractivity contribution in [2.75, 3.05) is 19.0 Å². The molecule has 1 aliphatic heterocycles. The molecule has 1 amide bonds. The third-order valence-electron chi connectivity index (χ3n) is 3.65. The largest absolute Gasteiger partial charge is 0.496 e. The molecule has 6 heteroatoms. The molecular weight excluding hydrogens is 268 g/mol. The van der Waals surface area contributed by atoms with Crippen molar-refractivity contribution in [3.8, 4) is 5.75 Å². The van der Waals surface area contributed by atoms with E-state index in [2.05, 4.69) is 15.7 Å².